The highest BCUT2D eigenvalue weighted by molar-refractivity contribution is 6.33. The Morgan fingerprint density at radius 2 is 1.87 bits per heavy atom. The number of benzene rings is 3. The Morgan fingerprint density at radius 1 is 1.08 bits per heavy atom. The van der Waals surface area contributed by atoms with Gasteiger partial charge in [-0.1, -0.05) is 41.0 Å². The summed E-state index contributed by atoms with van der Waals surface area (Å²) < 4.78 is 20.4. The zero-order valence-electron chi connectivity index (χ0n) is 21.1. The highest BCUT2D eigenvalue weighted by Gasteiger charge is 2.36. The fraction of sp³-hybridized carbons (Fsp3) is 0.300. The van der Waals surface area contributed by atoms with Gasteiger partial charge in [-0.25, -0.2) is 4.39 Å². The molecule has 0 saturated heterocycles. The van der Waals surface area contributed by atoms with Crippen LogP contribution in [-0.4, -0.2) is 27.3 Å². The number of carboxylic acid groups (broad SMARTS) is 1. The van der Waals surface area contributed by atoms with E-state index in [4.69, 9.17) is 21.2 Å². The van der Waals surface area contributed by atoms with Gasteiger partial charge in [-0.3, -0.25) is 4.79 Å². The molecule has 1 heterocycles. The average Bonchev–Trinajstić information content (AvgIpc) is 3.51. The van der Waals surface area contributed by atoms with Gasteiger partial charge in [0.05, 0.1) is 10.9 Å². The summed E-state index contributed by atoms with van der Waals surface area (Å²) in [6.45, 7) is 3.63. The van der Waals surface area contributed by atoms with Gasteiger partial charge >= 0.3 is 5.97 Å². The average molecular weight is 532 g/mol. The first-order chi connectivity index (χ1) is 18.3. The van der Waals surface area contributed by atoms with Gasteiger partial charge in [0.15, 0.2) is 0 Å². The zero-order valence-corrected chi connectivity index (χ0v) is 21.8. The number of rotatable bonds is 6. The normalized spacial score (nSPS) is 20.3. The first-order valence-corrected chi connectivity index (χ1v) is 13.2. The van der Waals surface area contributed by atoms with Crippen molar-refractivity contribution in [1.29, 1.82) is 0 Å². The zero-order chi connectivity index (χ0) is 26.6. The van der Waals surface area contributed by atoms with Gasteiger partial charge in [0.25, 0.3) is 5.89 Å². The Kier molecular flexibility index (Phi) is 6.28. The van der Waals surface area contributed by atoms with E-state index in [1.54, 1.807) is 19.1 Å². The minimum atomic E-state index is -0.699. The predicted molar refractivity (Wildman–Crippen MR) is 143 cm³/mol. The third-order valence-corrected chi connectivity index (χ3v) is 8.17. The van der Waals surface area contributed by atoms with Crippen molar-refractivity contribution in [1.82, 2.24) is 15.5 Å². The Bertz CT molecular complexity index is 1560. The first-order valence-electron chi connectivity index (χ1n) is 12.8. The molecule has 1 fully saturated rings. The van der Waals surface area contributed by atoms with Crippen molar-refractivity contribution in [3.05, 3.63) is 81.6 Å². The van der Waals surface area contributed by atoms with Crippen molar-refractivity contribution in [2.75, 3.05) is 0 Å². The van der Waals surface area contributed by atoms with Crippen LogP contribution >= 0.6 is 11.6 Å². The summed E-state index contributed by atoms with van der Waals surface area (Å²) in [7, 11) is 0. The lowest BCUT2D eigenvalue weighted by atomic mass is 9.80. The number of aromatic nitrogens is 2. The molecule has 2 aliphatic rings. The van der Waals surface area contributed by atoms with Crippen LogP contribution in [0.4, 0.5) is 4.39 Å². The molecular weight excluding hydrogens is 505 g/mol. The van der Waals surface area contributed by atoms with Gasteiger partial charge in [-0.05, 0) is 91.6 Å². The Labute approximate surface area is 224 Å². The number of aliphatic carboxylic acids is 1. The Hall–Kier alpha value is -3.55. The van der Waals surface area contributed by atoms with E-state index in [1.165, 1.54) is 11.1 Å². The number of nitrogens with one attached hydrogen (secondary N) is 1. The SMILES string of the molecule is Cc1cc(-c2nc(-c3ccc4c(c3)CCC4NC3CC(C(=O)O)C3)no2)ccc1-c1c(Cl)ccc(C)c1F. The van der Waals surface area contributed by atoms with E-state index in [0.29, 0.717) is 40.7 Å². The monoisotopic (exact) mass is 531 g/mol. The van der Waals surface area contributed by atoms with Crippen molar-refractivity contribution in [2.24, 2.45) is 5.92 Å². The van der Waals surface area contributed by atoms with E-state index in [0.717, 1.165) is 35.1 Å². The third kappa shape index (κ3) is 4.40. The molecule has 0 bridgehead atoms. The van der Waals surface area contributed by atoms with Crippen LogP contribution in [-0.2, 0) is 11.2 Å². The molecule has 1 saturated carbocycles. The molecule has 2 aliphatic carbocycles. The maximum Gasteiger partial charge on any atom is 0.306 e. The van der Waals surface area contributed by atoms with Crippen LogP contribution in [0.5, 0.6) is 0 Å². The Balaban J connectivity index is 1.20. The number of aryl methyl sites for hydroxylation is 3. The maximum absolute atomic E-state index is 14.8. The van der Waals surface area contributed by atoms with Crippen LogP contribution in [0.1, 0.15) is 47.6 Å². The van der Waals surface area contributed by atoms with Crippen LogP contribution < -0.4 is 5.32 Å². The number of fused-ring (bicyclic) bond motifs is 1. The summed E-state index contributed by atoms with van der Waals surface area (Å²) >= 11 is 6.33. The molecule has 1 aromatic heterocycles. The van der Waals surface area contributed by atoms with E-state index in [9.17, 15) is 9.18 Å². The summed E-state index contributed by atoms with van der Waals surface area (Å²) in [4.78, 5) is 15.7. The van der Waals surface area contributed by atoms with Crippen LogP contribution in [0.25, 0.3) is 34.0 Å². The quantitative estimate of drug-likeness (QED) is 0.281. The van der Waals surface area contributed by atoms with Gasteiger partial charge in [0.2, 0.25) is 5.82 Å². The molecule has 1 unspecified atom stereocenters. The van der Waals surface area contributed by atoms with Crippen LogP contribution in [0, 0.1) is 25.6 Å². The molecule has 0 radical (unpaired) electrons. The van der Waals surface area contributed by atoms with E-state index in [1.807, 2.05) is 31.2 Å². The fourth-order valence-electron chi connectivity index (χ4n) is 5.61. The molecule has 4 aromatic rings. The minimum absolute atomic E-state index is 0.218. The largest absolute Gasteiger partial charge is 0.481 e. The van der Waals surface area contributed by atoms with Gasteiger partial charge < -0.3 is 14.9 Å². The molecule has 3 aromatic carbocycles. The first kappa shape index (κ1) is 24.8. The van der Waals surface area contributed by atoms with E-state index in [-0.39, 0.29) is 23.8 Å². The second-order valence-corrected chi connectivity index (χ2v) is 10.8. The van der Waals surface area contributed by atoms with Crippen molar-refractivity contribution >= 4 is 17.6 Å². The van der Waals surface area contributed by atoms with Crippen LogP contribution in [0.15, 0.2) is 53.1 Å². The topological polar surface area (TPSA) is 88.2 Å². The summed E-state index contributed by atoms with van der Waals surface area (Å²) in [5, 5.41) is 17.3. The van der Waals surface area contributed by atoms with Crippen molar-refractivity contribution in [3.63, 3.8) is 0 Å². The van der Waals surface area contributed by atoms with Crippen molar-refractivity contribution in [2.45, 2.75) is 51.6 Å². The molecule has 0 aliphatic heterocycles. The number of halogens is 2. The molecule has 38 heavy (non-hydrogen) atoms. The number of nitrogens with zero attached hydrogens (tertiary/aromatic N) is 2. The molecule has 6 rings (SSSR count). The summed E-state index contributed by atoms with van der Waals surface area (Å²) in [5.41, 5.74) is 6.65. The molecular formula is C30H27ClFN3O3. The molecule has 0 spiro atoms. The molecule has 1 atom stereocenters. The molecule has 0 amide bonds. The molecule has 6 nitrogen and oxygen atoms in total. The highest BCUT2D eigenvalue weighted by atomic mass is 35.5. The lowest BCUT2D eigenvalue weighted by molar-refractivity contribution is -0.145. The molecule has 8 heteroatoms. The standard InChI is InChI=1S/C30H27ClFN3O3/c1-15-3-9-24(31)26(27(15)32)22-7-5-19(11-16(22)2)29-34-28(35-38-29)18-4-8-23-17(12-18)6-10-25(23)33-21-13-20(14-21)30(36)37/h3-5,7-9,11-12,20-21,25,33H,6,10,13-14H2,1-2H3,(H,36,37). The van der Waals surface area contributed by atoms with E-state index in [2.05, 4.69) is 27.6 Å². The lowest BCUT2D eigenvalue weighted by Gasteiger charge is -2.35. The van der Waals surface area contributed by atoms with Crippen LogP contribution in [0.2, 0.25) is 5.02 Å². The number of hydrogen-bond acceptors (Lipinski definition) is 5. The van der Waals surface area contributed by atoms with Gasteiger partial charge in [0.1, 0.15) is 5.82 Å². The highest BCUT2D eigenvalue weighted by Crippen LogP contribution is 2.38. The number of carboxylic acids is 1. The van der Waals surface area contributed by atoms with E-state index >= 15 is 0 Å². The summed E-state index contributed by atoms with van der Waals surface area (Å²) in [5.74, 6) is -0.334. The maximum atomic E-state index is 14.8. The van der Waals surface area contributed by atoms with Gasteiger partial charge in [-0.2, -0.15) is 4.98 Å². The second kappa shape index (κ2) is 9.64. The second-order valence-electron chi connectivity index (χ2n) is 10.4. The lowest BCUT2D eigenvalue weighted by Crippen LogP contribution is -2.45. The summed E-state index contributed by atoms with van der Waals surface area (Å²) in [6, 6.07) is 15.7. The predicted octanol–water partition coefficient (Wildman–Crippen LogP) is 6.92. The number of hydrogen-bond donors (Lipinski definition) is 2. The molecule has 194 valence electrons. The van der Waals surface area contributed by atoms with Crippen molar-refractivity contribution < 1.29 is 18.8 Å². The molecule has 2 N–H and O–H groups in total. The smallest absolute Gasteiger partial charge is 0.306 e. The van der Waals surface area contributed by atoms with Crippen molar-refractivity contribution in [3.8, 4) is 34.0 Å². The van der Waals surface area contributed by atoms with Gasteiger partial charge in [-0.15, -0.1) is 0 Å². The van der Waals surface area contributed by atoms with Crippen LogP contribution in [0.3, 0.4) is 0 Å². The fourth-order valence-corrected chi connectivity index (χ4v) is 5.86. The third-order valence-electron chi connectivity index (χ3n) is 7.86. The minimum Gasteiger partial charge on any atom is -0.481 e. The van der Waals surface area contributed by atoms with Gasteiger partial charge in [0, 0.05) is 28.8 Å². The van der Waals surface area contributed by atoms with E-state index < -0.39 is 5.97 Å². The summed E-state index contributed by atoms with van der Waals surface area (Å²) in [6.07, 6.45) is 3.32. The number of carbonyl (C=O) groups is 1. The Morgan fingerprint density at radius 3 is 2.63 bits per heavy atom.